The van der Waals surface area contributed by atoms with Gasteiger partial charge in [-0.05, 0) is 0 Å². The van der Waals surface area contributed by atoms with Crippen LogP contribution in [0, 0.1) is 0 Å². The zero-order valence-electron chi connectivity index (χ0n) is 2.50. The molecule has 1 radical (unpaired) electrons. The third-order valence-corrected chi connectivity index (χ3v) is 0. The first kappa shape index (κ1) is 15.8. The van der Waals surface area contributed by atoms with Gasteiger partial charge in [0.2, 0.25) is 0 Å². The molecule has 0 unspecified atom stereocenters. The van der Waals surface area contributed by atoms with Crippen LogP contribution in [-0.2, 0) is 26.9 Å². The fourth-order valence-electron chi connectivity index (χ4n) is 0. The SMILES string of the molecule is O=P(O)(O)O.[Ag].[LiH]. The zero-order chi connectivity index (χ0) is 4.50. The molecule has 4 nitrogen and oxygen atoms in total. The van der Waals surface area contributed by atoms with Crippen LogP contribution in [0.3, 0.4) is 0 Å². The predicted molar refractivity (Wildman–Crippen MR) is 21.4 cm³/mol. The Balaban J connectivity index is -0.0000000800. The van der Waals surface area contributed by atoms with E-state index in [0.717, 1.165) is 0 Å². The van der Waals surface area contributed by atoms with Crippen LogP contribution in [0.1, 0.15) is 0 Å². The van der Waals surface area contributed by atoms with Crippen molar-refractivity contribution in [1.29, 1.82) is 0 Å². The van der Waals surface area contributed by atoms with E-state index >= 15 is 0 Å². The van der Waals surface area contributed by atoms with Crippen LogP contribution in [0.2, 0.25) is 0 Å². The molecule has 3 N–H and O–H groups in total. The average Bonchev–Trinajstić information content (AvgIpc) is 0.722. The van der Waals surface area contributed by atoms with Crippen LogP contribution in [0.4, 0.5) is 0 Å². The Morgan fingerprint density at radius 2 is 1.14 bits per heavy atom. The van der Waals surface area contributed by atoms with Crippen molar-refractivity contribution in [1.82, 2.24) is 0 Å². The van der Waals surface area contributed by atoms with E-state index in [2.05, 4.69) is 0 Å². The van der Waals surface area contributed by atoms with Crippen molar-refractivity contribution in [3.8, 4) is 0 Å². The summed E-state index contributed by atoms with van der Waals surface area (Å²) in [5, 5.41) is 0. The maximum atomic E-state index is 8.88. The van der Waals surface area contributed by atoms with Gasteiger partial charge >= 0.3 is 26.7 Å². The van der Waals surface area contributed by atoms with Crippen molar-refractivity contribution < 1.29 is 41.6 Å². The van der Waals surface area contributed by atoms with Gasteiger partial charge in [-0.2, -0.15) is 0 Å². The Kier molecular flexibility index (Phi) is 12.6. The van der Waals surface area contributed by atoms with Crippen LogP contribution in [0.15, 0.2) is 0 Å². The van der Waals surface area contributed by atoms with Crippen molar-refractivity contribution in [2.24, 2.45) is 0 Å². The van der Waals surface area contributed by atoms with Gasteiger partial charge in [-0.3, -0.25) is 0 Å². The van der Waals surface area contributed by atoms with Gasteiger partial charge in [-0.1, -0.05) is 0 Å². The summed E-state index contributed by atoms with van der Waals surface area (Å²) in [7, 11) is -4.64. The number of rotatable bonds is 0. The van der Waals surface area contributed by atoms with E-state index in [1.165, 1.54) is 0 Å². The maximum absolute atomic E-state index is 8.88. The third kappa shape index (κ3) is 105. The summed E-state index contributed by atoms with van der Waals surface area (Å²) in [6, 6.07) is 0. The van der Waals surface area contributed by atoms with Crippen LogP contribution in [0.25, 0.3) is 0 Å². The number of hydrogen-bond donors (Lipinski definition) is 3. The minimum atomic E-state index is -4.64. The standard InChI is InChI=1S/Ag.Li.H3O4P.H/c;;1-5(2,3)4;/h;;(H3,1,2,3,4);. The minimum absolute atomic E-state index is 0. The van der Waals surface area contributed by atoms with Crippen molar-refractivity contribution >= 4 is 26.7 Å². The van der Waals surface area contributed by atoms with E-state index in [4.69, 9.17) is 19.2 Å². The van der Waals surface area contributed by atoms with Crippen molar-refractivity contribution in [3.63, 3.8) is 0 Å². The molecule has 7 heteroatoms. The van der Waals surface area contributed by atoms with E-state index in [1.807, 2.05) is 0 Å². The van der Waals surface area contributed by atoms with Crippen molar-refractivity contribution in [3.05, 3.63) is 0 Å². The predicted octanol–water partition coefficient (Wildman–Crippen LogP) is -1.58. The van der Waals surface area contributed by atoms with Crippen LogP contribution in [0.5, 0.6) is 0 Å². The van der Waals surface area contributed by atoms with Gasteiger partial charge in [0.15, 0.2) is 0 Å². The molecule has 0 aromatic carbocycles. The molecular formula is H4AgLiO4P. The van der Waals surface area contributed by atoms with Gasteiger partial charge in [-0.25, -0.2) is 4.57 Å². The Morgan fingerprint density at radius 3 is 1.14 bits per heavy atom. The zero-order valence-corrected chi connectivity index (χ0v) is 4.88. The molecular weight excluding hydrogens is 210 g/mol. The summed E-state index contributed by atoms with van der Waals surface area (Å²) in [6.45, 7) is 0. The van der Waals surface area contributed by atoms with Crippen LogP contribution < -0.4 is 0 Å². The summed E-state index contributed by atoms with van der Waals surface area (Å²) < 4.78 is 8.88. The first-order chi connectivity index (χ1) is 2.00. The first-order valence-electron chi connectivity index (χ1n) is 0.783. The summed E-state index contributed by atoms with van der Waals surface area (Å²) in [5.41, 5.74) is 0. The quantitative estimate of drug-likeness (QED) is 0.336. The van der Waals surface area contributed by atoms with Crippen LogP contribution in [-0.4, -0.2) is 33.5 Å². The average molecular weight is 214 g/mol. The molecule has 0 spiro atoms. The van der Waals surface area contributed by atoms with Crippen molar-refractivity contribution in [2.45, 2.75) is 0 Å². The third-order valence-electron chi connectivity index (χ3n) is 0. The molecule has 0 aliphatic carbocycles. The monoisotopic (exact) mass is 213 g/mol. The van der Waals surface area contributed by atoms with E-state index < -0.39 is 7.82 Å². The molecule has 0 aliphatic rings. The Bertz CT molecular complexity index is 57.8. The summed E-state index contributed by atoms with van der Waals surface area (Å²) in [5.74, 6) is 0. The molecule has 0 aromatic heterocycles. The molecule has 0 atom stereocenters. The topological polar surface area (TPSA) is 77.8 Å². The van der Waals surface area contributed by atoms with E-state index in [-0.39, 0.29) is 41.2 Å². The molecule has 0 heterocycles. The first-order valence-corrected chi connectivity index (χ1v) is 2.35. The summed E-state index contributed by atoms with van der Waals surface area (Å²) in [4.78, 5) is 21.6. The Morgan fingerprint density at radius 1 is 1.14 bits per heavy atom. The molecule has 0 saturated heterocycles. The van der Waals surface area contributed by atoms with Gasteiger partial charge in [0.1, 0.15) is 0 Å². The van der Waals surface area contributed by atoms with E-state index in [1.54, 1.807) is 0 Å². The molecule has 0 bridgehead atoms. The van der Waals surface area contributed by atoms with Gasteiger partial charge in [0.05, 0.1) is 0 Å². The van der Waals surface area contributed by atoms with Gasteiger partial charge in [0.25, 0.3) is 0 Å². The normalized spacial score (nSPS) is 8.43. The summed E-state index contributed by atoms with van der Waals surface area (Å²) in [6.07, 6.45) is 0. The van der Waals surface area contributed by atoms with Gasteiger partial charge < -0.3 is 14.7 Å². The van der Waals surface area contributed by atoms with Crippen LogP contribution >= 0.6 is 7.82 Å². The van der Waals surface area contributed by atoms with E-state index in [9.17, 15) is 0 Å². The summed E-state index contributed by atoms with van der Waals surface area (Å²) >= 11 is 0. The fourth-order valence-corrected chi connectivity index (χ4v) is 0. The second-order valence-corrected chi connectivity index (χ2v) is 1.54. The van der Waals surface area contributed by atoms with Crippen molar-refractivity contribution in [2.75, 3.05) is 0 Å². The molecule has 0 aromatic rings. The van der Waals surface area contributed by atoms with Gasteiger partial charge in [-0.15, -0.1) is 0 Å². The molecule has 0 aliphatic heterocycles. The molecule has 0 amide bonds. The molecule has 0 saturated carbocycles. The number of phosphoric acid groups is 1. The van der Waals surface area contributed by atoms with Gasteiger partial charge in [0, 0.05) is 22.4 Å². The number of hydrogen-bond acceptors (Lipinski definition) is 1. The molecule has 7 heavy (non-hydrogen) atoms. The molecule has 45 valence electrons. The fraction of sp³-hybridized carbons (Fsp3) is 0. The Labute approximate surface area is 68.2 Å². The molecule has 0 rings (SSSR count). The second kappa shape index (κ2) is 5.58. The Hall–Kier alpha value is 1.45. The second-order valence-electron chi connectivity index (χ2n) is 0.513. The van der Waals surface area contributed by atoms with E-state index in [0.29, 0.717) is 0 Å². The molecule has 0 fully saturated rings.